The number of aryl methyl sites for hydroxylation is 1. The summed E-state index contributed by atoms with van der Waals surface area (Å²) in [5, 5.41) is 9.23. The van der Waals surface area contributed by atoms with E-state index in [-0.39, 0.29) is 18.7 Å². The van der Waals surface area contributed by atoms with Crippen molar-refractivity contribution < 1.29 is 13.5 Å². The van der Waals surface area contributed by atoms with Crippen LogP contribution in [-0.4, -0.2) is 29.9 Å². The summed E-state index contributed by atoms with van der Waals surface area (Å²) in [6.07, 6.45) is 2.68. The van der Waals surface area contributed by atoms with Crippen molar-refractivity contribution in [2.75, 3.05) is 0 Å². The summed E-state index contributed by atoms with van der Waals surface area (Å²) >= 11 is 0. The molecule has 0 saturated carbocycles. The van der Waals surface area contributed by atoms with Crippen LogP contribution in [0.1, 0.15) is 44.2 Å². The van der Waals surface area contributed by atoms with E-state index in [2.05, 4.69) is 0 Å². The van der Waals surface area contributed by atoms with Crippen molar-refractivity contribution in [2.45, 2.75) is 63.6 Å². The maximum absolute atomic E-state index is 12.9. The normalized spacial score (nSPS) is 24.2. The van der Waals surface area contributed by atoms with Crippen molar-refractivity contribution in [3.05, 3.63) is 29.3 Å². The number of rotatable bonds is 4. The number of hydrogen-bond acceptors (Lipinski definition) is 3. The smallest absolute Gasteiger partial charge is 0.243 e. The highest BCUT2D eigenvalue weighted by atomic mass is 32.2. The monoisotopic (exact) mass is 297 g/mol. The zero-order valence-corrected chi connectivity index (χ0v) is 13.2. The second-order valence-electron chi connectivity index (χ2n) is 5.58. The van der Waals surface area contributed by atoms with E-state index in [0.29, 0.717) is 10.5 Å². The number of aliphatic hydroxyl groups excluding tert-OH is 1. The van der Waals surface area contributed by atoms with Crippen LogP contribution in [0, 0.1) is 6.92 Å². The van der Waals surface area contributed by atoms with Gasteiger partial charge in [-0.3, -0.25) is 0 Å². The highest BCUT2D eigenvalue weighted by Crippen LogP contribution is 2.33. The Kier molecular flexibility index (Phi) is 4.52. The molecule has 0 amide bonds. The molecule has 4 nitrogen and oxygen atoms in total. The van der Waals surface area contributed by atoms with Crippen molar-refractivity contribution >= 4 is 10.0 Å². The molecule has 0 spiro atoms. The first kappa shape index (κ1) is 15.5. The molecule has 1 aliphatic heterocycles. The molecule has 0 aliphatic carbocycles. The third-order valence-electron chi connectivity index (χ3n) is 4.17. The maximum atomic E-state index is 12.9. The first-order chi connectivity index (χ1) is 9.41. The Bertz CT molecular complexity index is 583. The number of nitrogens with zero attached hydrogens (tertiary/aromatic N) is 1. The quantitative estimate of drug-likeness (QED) is 0.928. The van der Waals surface area contributed by atoms with Crippen molar-refractivity contribution in [3.63, 3.8) is 0 Å². The van der Waals surface area contributed by atoms with E-state index in [4.69, 9.17) is 0 Å². The Balaban J connectivity index is 2.49. The molecule has 1 fully saturated rings. The molecule has 0 bridgehead atoms. The molecule has 0 radical (unpaired) electrons. The standard InChI is InChI=1S/C15H23NO3S/c1-4-14-8-6-12(3)16(14)20(18,19)15-9-13(10-17)7-5-11(15)2/h5,7,9,12,14,17H,4,6,8,10H2,1-3H3. The van der Waals surface area contributed by atoms with Gasteiger partial charge in [-0.2, -0.15) is 4.31 Å². The second-order valence-corrected chi connectivity index (χ2v) is 7.39. The first-order valence-corrected chi connectivity index (χ1v) is 8.59. The molecule has 1 saturated heterocycles. The Morgan fingerprint density at radius 1 is 1.35 bits per heavy atom. The maximum Gasteiger partial charge on any atom is 0.243 e. The number of hydrogen-bond donors (Lipinski definition) is 1. The summed E-state index contributed by atoms with van der Waals surface area (Å²) in [7, 11) is -3.49. The van der Waals surface area contributed by atoms with Crippen LogP contribution in [0.2, 0.25) is 0 Å². The lowest BCUT2D eigenvalue weighted by Crippen LogP contribution is -2.39. The Hall–Kier alpha value is -0.910. The van der Waals surface area contributed by atoms with Crippen molar-refractivity contribution in [1.29, 1.82) is 0 Å². The van der Waals surface area contributed by atoms with Crippen molar-refractivity contribution in [3.8, 4) is 0 Å². The fraction of sp³-hybridized carbons (Fsp3) is 0.600. The summed E-state index contributed by atoms with van der Waals surface area (Å²) in [5.74, 6) is 0. The van der Waals surface area contributed by atoms with Crippen LogP contribution in [0.5, 0.6) is 0 Å². The average molecular weight is 297 g/mol. The lowest BCUT2D eigenvalue weighted by molar-refractivity contribution is 0.281. The van der Waals surface area contributed by atoms with Crippen LogP contribution in [0.15, 0.2) is 23.1 Å². The van der Waals surface area contributed by atoms with Gasteiger partial charge in [0.05, 0.1) is 11.5 Å². The van der Waals surface area contributed by atoms with E-state index in [1.165, 1.54) is 0 Å². The predicted octanol–water partition coefficient (Wildman–Crippen LogP) is 2.44. The van der Waals surface area contributed by atoms with Crippen LogP contribution >= 0.6 is 0 Å². The largest absolute Gasteiger partial charge is 0.392 e. The van der Waals surface area contributed by atoms with Crippen LogP contribution in [0.25, 0.3) is 0 Å². The molecule has 1 aliphatic rings. The van der Waals surface area contributed by atoms with Crippen LogP contribution in [0.4, 0.5) is 0 Å². The van der Waals surface area contributed by atoms with Gasteiger partial charge in [0.25, 0.3) is 0 Å². The Morgan fingerprint density at radius 2 is 2.05 bits per heavy atom. The van der Waals surface area contributed by atoms with E-state index in [1.54, 1.807) is 29.4 Å². The van der Waals surface area contributed by atoms with Gasteiger partial charge in [0, 0.05) is 12.1 Å². The van der Waals surface area contributed by atoms with Crippen LogP contribution < -0.4 is 0 Å². The third kappa shape index (κ3) is 2.62. The minimum absolute atomic E-state index is 0.0436. The molecular formula is C15H23NO3S. The minimum atomic E-state index is -3.49. The molecule has 2 rings (SSSR count). The third-order valence-corrected chi connectivity index (χ3v) is 6.38. The first-order valence-electron chi connectivity index (χ1n) is 7.15. The lowest BCUT2D eigenvalue weighted by Gasteiger charge is -2.27. The van der Waals surface area contributed by atoms with E-state index >= 15 is 0 Å². The van der Waals surface area contributed by atoms with Gasteiger partial charge in [0.2, 0.25) is 10.0 Å². The van der Waals surface area contributed by atoms with E-state index < -0.39 is 10.0 Å². The fourth-order valence-electron chi connectivity index (χ4n) is 3.00. The lowest BCUT2D eigenvalue weighted by atomic mass is 10.2. The van der Waals surface area contributed by atoms with Gasteiger partial charge in [0.15, 0.2) is 0 Å². The molecule has 1 aromatic rings. The van der Waals surface area contributed by atoms with Gasteiger partial charge in [-0.05, 0) is 50.3 Å². The fourth-order valence-corrected chi connectivity index (χ4v) is 5.23. The second kappa shape index (κ2) is 5.84. The van der Waals surface area contributed by atoms with Gasteiger partial charge in [-0.25, -0.2) is 8.42 Å². The number of aliphatic hydroxyl groups is 1. The van der Waals surface area contributed by atoms with Gasteiger partial charge < -0.3 is 5.11 Å². The molecule has 20 heavy (non-hydrogen) atoms. The average Bonchev–Trinajstić information content (AvgIpc) is 2.81. The molecule has 1 heterocycles. The van der Waals surface area contributed by atoms with Crippen LogP contribution in [0.3, 0.4) is 0 Å². The zero-order chi connectivity index (χ0) is 14.9. The summed E-state index contributed by atoms with van der Waals surface area (Å²) in [5.41, 5.74) is 1.37. The molecule has 1 aromatic carbocycles. The molecule has 2 atom stereocenters. The molecule has 2 unspecified atom stereocenters. The number of benzene rings is 1. The van der Waals surface area contributed by atoms with Crippen molar-refractivity contribution in [2.24, 2.45) is 0 Å². The molecule has 0 aromatic heterocycles. The Labute approximate surface area is 121 Å². The summed E-state index contributed by atoms with van der Waals surface area (Å²) < 4.78 is 27.6. The SMILES string of the molecule is CCC1CCC(C)N1S(=O)(=O)c1cc(CO)ccc1C. The van der Waals surface area contributed by atoms with Gasteiger partial charge in [-0.15, -0.1) is 0 Å². The Morgan fingerprint density at radius 3 is 2.65 bits per heavy atom. The molecular weight excluding hydrogens is 274 g/mol. The summed E-state index contributed by atoms with van der Waals surface area (Å²) in [6, 6.07) is 5.26. The van der Waals surface area contributed by atoms with Gasteiger partial charge in [0.1, 0.15) is 0 Å². The predicted molar refractivity (Wildman–Crippen MR) is 78.9 cm³/mol. The summed E-state index contributed by atoms with van der Waals surface area (Å²) in [4.78, 5) is 0.330. The van der Waals surface area contributed by atoms with E-state index in [0.717, 1.165) is 24.8 Å². The molecule has 5 heteroatoms. The zero-order valence-electron chi connectivity index (χ0n) is 12.3. The highest BCUT2D eigenvalue weighted by molar-refractivity contribution is 7.89. The highest BCUT2D eigenvalue weighted by Gasteiger charge is 2.39. The minimum Gasteiger partial charge on any atom is -0.392 e. The topological polar surface area (TPSA) is 57.6 Å². The van der Waals surface area contributed by atoms with E-state index in [9.17, 15) is 13.5 Å². The summed E-state index contributed by atoms with van der Waals surface area (Å²) in [6.45, 7) is 5.66. The molecule has 112 valence electrons. The van der Waals surface area contributed by atoms with E-state index in [1.807, 2.05) is 13.8 Å². The van der Waals surface area contributed by atoms with Crippen molar-refractivity contribution in [1.82, 2.24) is 4.31 Å². The van der Waals surface area contributed by atoms with Gasteiger partial charge in [-0.1, -0.05) is 19.1 Å². The number of sulfonamides is 1. The molecule has 1 N–H and O–H groups in total. The van der Waals surface area contributed by atoms with Gasteiger partial charge >= 0.3 is 0 Å². The van der Waals surface area contributed by atoms with Crippen LogP contribution in [-0.2, 0) is 16.6 Å².